The molecule has 1 heterocycles. The van der Waals surface area contributed by atoms with E-state index in [1.165, 1.54) is 0 Å². The second-order valence-corrected chi connectivity index (χ2v) is 4.78. The Morgan fingerprint density at radius 3 is 2.50 bits per heavy atom. The molecule has 0 spiro atoms. The quantitative estimate of drug-likeness (QED) is 0.852. The summed E-state index contributed by atoms with van der Waals surface area (Å²) in [4.78, 5) is 4.44. The van der Waals surface area contributed by atoms with Crippen molar-refractivity contribution >= 4 is 0 Å². The van der Waals surface area contributed by atoms with Crippen LogP contribution in [0.2, 0.25) is 0 Å². The zero-order valence-electron chi connectivity index (χ0n) is 10.9. The lowest BCUT2D eigenvalue weighted by Gasteiger charge is -2.26. The minimum Gasteiger partial charge on any atom is -0.471 e. The van der Waals surface area contributed by atoms with Crippen LogP contribution in [0.5, 0.6) is 5.88 Å². The van der Waals surface area contributed by atoms with Crippen LogP contribution >= 0.6 is 0 Å². The molecule has 3 heteroatoms. The number of pyridine rings is 1. The predicted octanol–water partition coefficient (Wildman–Crippen LogP) is 2.72. The summed E-state index contributed by atoms with van der Waals surface area (Å²) < 4.78 is 5.94. The van der Waals surface area contributed by atoms with E-state index in [1.807, 2.05) is 19.9 Å². The van der Waals surface area contributed by atoms with Gasteiger partial charge in [0, 0.05) is 17.8 Å². The van der Waals surface area contributed by atoms with E-state index >= 15 is 0 Å². The molecule has 1 aromatic rings. The van der Waals surface area contributed by atoms with Gasteiger partial charge in [-0.1, -0.05) is 6.92 Å². The molecule has 1 aromatic heterocycles. The predicted molar refractivity (Wildman–Crippen MR) is 66.6 cm³/mol. The fraction of sp³-hybridized carbons (Fsp3) is 0.615. The van der Waals surface area contributed by atoms with Crippen LogP contribution in [-0.4, -0.2) is 10.6 Å². The normalized spacial score (nSPS) is 11.6. The summed E-state index contributed by atoms with van der Waals surface area (Å²) in [6, 6.07) is 2.04. The van der Waals surface area contributed by atoms with Crippen molar-refractivity contribution in [2.24, 2.45) is 5.73 Å². The summed E-state index contributed by atoms with van der Waals surface area (Å²) >= 11 is 0. The van der Waals surface area contributed by atoms with E-state index in [2.05, 4.69) is 25.8 Å². The highest BCUT2D eigenvalue weighted by Gasteiger charge is 2.20. The van der Waals surface area contributed by atoms with Gasteiger partial charge in [0.15, 0.2) is 0 Å². The number of hydrogen-bond donors (Lipinski definition) is 1. The highest BCUT2D eigenvalue weighted by atomic mass is 16.5. The number of aromatic nitrogens is 1. The van der Waals surface area contributed by atoms with Crippen molar-refractivity contribution in [3.63, 3.8) is 0 Å². The van der Waals surface area contributed by atoms with Gasteiger partial charge in [0.1, 0.15) is 5.60 Å². The first kappa shape index (κ1) is 13.0. The van der Waals surface area contributed by atoms with E-state index in [1.54, 1.807) is 0 Å². The molecular formula is C13H22N2O. The first-order valence-corrected chi connectivity index (χ1v) is 5.76. The molecule has 0 aliphatic rings. The molecule has 0 bridgehead atoms. The first-order chi connectivity index (χ1) is 7.39. The Hall–Kier alpha value is -1.09. The van der Waals surface area contributed by atoms with Crippen LogP contribution in [0, 0.1) is 13.8 Å². The van der Waals surface area contributed by atoms with Gasteiger partial charge < -0.3 is 10.5 Å². The lowest BCUT2D eigenvalue weighted by molar-refractivity contribution is 0.0973. The van der Waals surface area contributed by atoms with Crippen LogP contribution < -0.4 is 10.5 Å². The zero-order valence-corrected chi connectivity index (χ0v) is 10.9. The van der Waals surface area contributed by atoms with Gasteiger partial charge in [0.2, 0.25) is 5.88 Å². The van der Waals surface area contributed by atoms with Crippen LogP contribution in [-0.2, 0) is 6.54 Å². The Bertz CT molecular complexity index is 372. The monoisotopic (exact) mass is 222 g/mol. The molecule has 2 N–H and O–H groups in total. The molecule has 1 rings (SSSR count). The average Bonchev–Trinajstić information content (AvgIpc) is 2.16. The maximum Gasteiger partial charge on any atom is 0.218 e. The lowest BCUT2D eigenvalue weighted by Crippen LogP contribution is -2.28. The minimum atomic E-state index is -0.197. The second kappa shape index (κ2) is 4.83. The topological polar surface area (TPSA) is 48.1 Å². The largest absolute Gasteiger partial charge is 0.471 e. The molecule has 0 aromatic carbocycles. The Morgan fingerprint density at radius 2 is 2.00 bits per heavy atom. The van der Waals surface area contributed by atoms with E-state index < -0.39 is 0 Å². The Labute approximate surface area is 98.0 Å². The SMILES string of the molecule is CCC(C)(C)Oc1nc(C)cc(C)c1CN. The number of rotatable bonds is 4. The van der Waals surface area contributed by atoms with Crippen molar-refractivity contribution in [1.29, 1.82) is 0 Å². The number of nitrogens with two attached hydrogens (primary N) is 1. The molecular weight excluding hydrogens is 200 g/mol. The summed E-state index contributed by atoms with van der Waals surface area (Å²) in [6.07, 6.45) is 0.936. The van der Waals surface area contributed by atoms with Crippen molar-refractivity contribution in [3.05, 3.63) is 22.9 Å². The Balaban J connectivity index is 3.12. The molecule has 90 valence electrons. The lowest BCUT2D eigenvalue weighted by atomic mass is 10.1. The standard InChI is InChI=1S/C13H22N2O/c1-6-13(4,5)16-12-11(8-14)9(2)7-10(3)15-12/h7H,6,8,14H2,1-5H3. The molecule has 0 atom stereocenters. The van der Waals surface area contributed by atoms with Gasteiger partial charge in [-0.3, -0.25) is 0 Å². The molecule has 0 saturated heterocycles. The fourth-order valence-corrected chi connectivity index (χ4v) is 1.50. The van der Waals surface area contributed by atoms with Crippen molar-refractivity contribution in [2.45, 2.75) is 53.2 Å². The second-order valence-electron chi connectivity index (χ2n) is 4.78. The first-order valence-electron chi connectivity index (χ1n) is 5.76. The summed E-state index contributed by atoms with van der Waals surface area (Å²) in [5.74, 6) is 0.687. The van der Waals surface area contributed by atoms with Gasteiger partial charge in [-0.2, -0.15) is 0 Å². The summed E-state index contributed by atoms with van der Waals surface area (Å²) in [5, 5.41) is 0. The van der Waals surface area contributed by atoms with Crippen molar-refractivity contribution < 1.29 is 4.74 Å². The molecule has 0 unspecified atom stereocenters. The van der Waals surface area contributed by atoms with Gasteiger partial charge in [0.05, 0.1) is 0 Å². The Morgan fingerprint density at radius 1 is 1.38 bits per heavy atom. The molecule has 0 saturated carbocycles. The highest BCUT2D eigenvalue weighted by Crippen LogP contribution is 2.25. The summed E-state index contributed by atoms with van der Waals surface area (Å²) in [6.45, 7) is 10.7. The molecule has 0 radical (unpaired) electrons. The number of hydrogen-bond acceptors (Lipinski definition) is 3. The molecule has 0 aliphatic carbocycles. The van der Waals surface area contributed by atoms with Gasteiger partial charge in [-0.15, -0.1) is 0 Å². The van der Waals surface area contributed by atoms with Gasteiger partial charge in [0.25, 0.3) is 0 Å². The van der Waals surface area contributed by atoms with Crippen LogP contribution in [0.4, 0.5) is 0 Å². The van der Waals surface area contributed by atoms with Crippen molar-refractivity contribution in [3.8, 4) is 5.88 Å². The molecule has 0 amide bonds. The molecule has 0 aliphatic heterocycles. The van der Waals surface area contributed by atoms with Crippen LogP contribution in [0.3, 0.4) is 0 Å². The van der Waals surface area contributed by atoms with Gasteiger partial charge in [-0.25, -0.2) is 4.98 Å². The third kappa shape index (κ3) is 2.95. The van der Waals surface area contributed by atoms with E-state index in [0.29, 0.717) is 12.4 Å². The van der Waals surface area contributed by atoms with Crippen LogP contribution in [0.15, 0.2) is 6.07 Å². The third-order valence-electron chi connectivity index (χ3n) is 2.87. The van der Waals surface area contributed by atoms with E-state index in [9.17, 15) is 0 Å². The van der Waals surface area contributed by atoms with Crippen molar-refractivity contribution in [2.75, 3.05) is 0 Å². The van der Waals surface area contributed by atoms with Gasteiger partial charge >= 0.3 is 0 Å². The van der Waals surface area contributed by atoms with Crippen LogP contribution in [0.1, 0.15) is 44.0 Å². The highest BCUT2D eigenvalue weighted by molar-refractivity contribution is 5.36. The maximum atomic E-state index is 5.94. The average molecular weight is 222 g/mol. The Kier molecular flexibility index (Phi) is 3.92. The number of nitrogens with zero attached hydrogens (tertiary/aromatic N) is 1. The molecule has 16 heavy (non-hydrogen) atoms. The van der Waals surface area contributed by atoms with E-state index in [0.717, 1.165) is 23.2 Å². The van der Waals surface area contributed by atoms with E-state index in [4.69, 9.17) is 10.5 Å². The van der Waals surface area contributed by atoms with Crippen LogP contribution in [0.25, 0.3) is 0 Å². The summed E-state index contributed by atoms with van der Waals surface area (Å²) in [5.41, 5.74) is 8.67. The molecule has 3 nitrogen and oxygen atoms in total. The fourth-order valence-electron chi connectivity index (χ4n) is 1.50. The van der Waals surface area contributed by atoms with Gasteiger partial charge in [-0.05, 0) is 45.7 Å². The molecule has 0 fully saturated rings. The van der Waals surface area contributed by atoms with Crippen molar-refractivity contribution in [1.82, 2.24) is 4.98 Å². The third-order valence-corrected chi connectivity index (χ3v) is 2.87. The van der Waals surface area contributed by atoms with E-state index in [-0.39, 0.29) is 5.60 Å². The number of aryl methyl sites for hydroxylation is 2. The number of ether oxygens (including phenoxy) is 1. The maximum absolute atomic E-state index is 5.94. The summed E-state index contributed by atoms with van der Waals surface area (Å²) in [7, 11) is 0. The zero-order chi connectivity index (χ0) is 12.3. The smallest absolute Gasteiger partial charge is 0.218 e. The minimum absolute atomic E-state index is 0.197.